The second-order valence-electron chi connectivity index (χ2n) is 5.99. The summed E-state index contributed by atoms with van der Waals surface area (Å²) in [4.78, 5) is 11.7. The van der Waals surface area contributed by atoms with Gasteiger partial charge in [0.2, 0.25) is 0 Å². The molecule has 0 aliphatic rings. The first kappa shape index (κ1) is 18.1. The lowest BCUT2D eigenvalue weighted by atomic mass is 10.0. The van der Waals surface area contributed by atoms with Crippen molar-refractivity contribution < 1.29 is 24.5 Å². The molecule has 0 aromatic carbocycles. The Balaban J connectivity index is 4.44. The molecule has 0 bridgehead atoms. The SMILES string of the molecule is CC(O)COC(O)C(NC(=O)OC(C)(C)C)C(C)C. The van der Waals surface area contributed by atoms with Gasteiger partial charge in [0, 0.05) is 0 Å². The maximum absolute atomic E-state index is 11.7. The third-order valence-electron chi connectivity index (χ3n) is 2.22. The molecule has 0 aromatic rings. The molecule has 0 fully saturated rings. The van der Waals surface area contributed by atoms with Crippen LogP contribution >= 0.6 is 0 Å². The molecule has 3 N–H and O–H groups in total. The van der Waals surface area contributed by atoms with Crippen molar-refractivity contribution in [3.63, 3.8) is 0 Å². The molecule has 3 unspecified atom stereocenters. The van der Waals surface area contributed by atoms with Gasteiger partial charge in [-0.3, -0.25) is 0 Å². The molecule has 6 heteroatoms. The van der Waals surface area contributed by atoms with Crippen molar-refractivity contribution in [2.75, 3.05) is 6.61 Å². The number of amides is 1. The Hall–Kier alpha value is -0.850. The largest absolute Gasteiger partial charge is 0.444 e. The maximum Gasteiger partial charge on any atom is 0.408 e. The summed E-state index contributed by atoms with van der Waals surface area (Å²) < 4.78 is 10.2. The van der Waals surface area contributed by atoms with E-state index >= 15 is 0 Å². The summed E-state index contributed by atoms with van der Waals surface area (Å²) in [6, 6.07) is -0.603. The third kappa shape index (κ3) is 8.80. The molecule has 0 rings (SSSR count). The highest BCUT2D eigenvalue weighted by Gasteiger charge is 2.27. The zero-order chi connectivity index (χ0) is 15.2. The van der Waals surface area contributed by atoms with Crippen LogP contribution in [0.1, 0.15) is 41.5 Å². The highest BCUT2D eigenvalue weighted by Crippen LogP contribution is 2.11. The van der Waals surface area contributed by atoms with E-state index in [0.717, 1.165) is 0 Å². The summed E-state index contributed by atoms with van der Waals surface area (Å²) in [5.41, 5.74) is -0.600. The van der Waals surface area contributed by atoms with E-state index in [0.29, 0.717) is 0 Å². The summed E-state index contributed by atoms with van der Waals surface area (Å²) >= 11 is 0. The molecular formula is C13H27NO5. The molecule has 19 heavy (non-hydrogen) atoms. The predicted molar refractivity (Wildman–Crippen MR) is 71.6 cm³/mol. The van der Waals surface area contributed by atoms with Crippen molar-refractivity contribution in [1.29, 1.82) is 0 Å². The Kier molecular flexibility index (Phi) is 7.33. The van der Waals surface area contributed by atoms with Crippen LogP contribution in [0.2, 0.25) is 0 Å². The first-order valence-corrected chi connectivity index (χ1v) is 6.50. The van der Waals surface area contributed by atoms with Crippen LogP contribution in [0.3, 0.4) is 0 Å². The normalized spacial score (nSPS) is 16.9. The lowest BCUT2D eigenvalue weighted by Crippen LogP contribution is -2.49. The molecule has 0 aliphatic heterocycles. The van der Waals surface area contributed by atoms with Gasteiger partial charge in [0.25, 0.3) is 0 Å². The van der Waals surface area contributed by atoms with Crippen LogP contribution in [0.25, 0.3) is 0 Å². The molecule has 0 saturated carbocycles. The average Bonchev–Trinajstić information content (AvgIpc) is 2.19. The fraction of sp³-hybridized carbons (Fsp3) is 0.923. The Morgan fingerprint density at radius 1 is 1.21 bits per heavy atom. The van der Waals surface area contributed by atoms with Crippen molar-refractivity contribution in [3.8, 4) is 0 Å². The van der Waals surface area contributed by atoms with Crippen molar-refractivity contribution in [3.05, 3.63) is 0 Å². The molecule has 0 radical (unpaired) electrons. The van der Waals surface area contributed by atoms with Crippen molar-refractivity contribution in [2.24, 2.45) is 5.92 Å². The minimum absolute atomic E-state index is 0.000382. The Morgan fingerprint density at radius 3 is 2.11 bits per heavy atom. The molecule has 6 nitrogen and oxygen atoms in total. The highest BCUT2D eigenvalue weighted by molar-refractivity contribution is 5.68. The lowest BCUT2D eigenvalue weighted by Gasteiger charge is -2.29. The average molecular weight is 277 g/mol. The first-order valence-electron chi connectivity index (χ1n) is 6.50. The zero-order valence-electron chi connectivity index (χ0n) is 12.6. The van der Waals surface area contributed by atoms with E-state index in [2.05, 4.69) is 5.32 Å². The van der Waals surface area contributed by atoms with E-state index in [1.165, 1.54) is 0 Å². The lowest BCUT2D eigenvalue weighted by molar-refractivity contribution is -0.142. The van der Waals surface area contributed by atoms with E-state index in [9.17, 15) is 9.90 Å². The van der Waals surface area contributed by atoms with E-state index in [-0.39, 0.29) is 12.5 Å². The van der Waals surface area contributed by atoms with Crippen LogP contribution in [0.4, 0.5) is 4.79 Å². The number of ether oxygens (including phenoxy) is 2. The molecule has 3 atom stereocenters. The van der Waals surface area contributed by atoms with Gasteiger partial charge < -0.3 is 25.0 Å². The number of aliphatic hydroxyl groups is 2. The number of carbonyl (C=O) groups excluding carboxylic acids is 1. The summed E-state index contributed by atoms with van der Waals surface area (Å²) in [5, 5.41) is 21.6. The van der Waals surface area contributed by atoms with Gasteiger partial charge in [-0.05, 0) is 33.6 Å². The zero-order valence-corrected chi connectivity index (χ0v) is 12.6. The summed E-state index contributed by atoms with van der Waals surface area (Å²) in [6.07, 6.45) is -2.47. The molecule has 0 heterocycles. The van der Waals surface area contributed by atoms with E-state index < -0.39 is 30.1 Å². The number of rotatable bonds is 6. The fourth-order valence-corrected chi connectivity index (χ4v) is 1.35. The van der Waals surface area contributed by atoms with Crippen LogP contribution < -0.4 is 5.32 Å². The number of hydrogen-bond acceptors (Lipinski definition) is 5. The number of alkyl carbamates (subject to hydrolysis) is 1. The standard InChI is InChI=1S/C13H27NO5/c1-8(2)10(11(16)18-7-9(3)15)14-12(17)19-13(4,5)6/h8-11,15-16H,7H2,1-6H3,(H,14,17). The first-order chi connectivity index (χ1) is 8.53. The Labute approximate surface area is 115 Å². The van der Waals surface area contributed by atoms with Gasteiger partial charge in [0.15, 0.2) is 6.29 Å². The fourth-order valence-electron chi connectivity index (χ4n) is 1.35. The number of hydrogen-bond donors (Lipinski definition) is 3. The van der Waals surface area contributed by atoms with E-state index in [1.54, 1.807) is 27.7 Å². The number of aliphatic hydroxyl groups excluding tert-OH is 2. The molecular weight excluding hydrogens is 250 g/mol. The molecule has 0 spiro atoms. The van der Waals surface area contributed by atoms with Gasteiger partial charge in [-0.1, -0.05) is 13.8 Å². The van der Waals surface area contributed by atoms with Crippen LogP contribution in [0.5, 0.6) is 0 Å². The molecule has 114 valence electrons. The third-order valence-corrected chi connectivity index (χ3v) is 2.22. The second-order valence-corrected chi connectivity index (χ2v) is 5.99. The molecule has 0 aliphatic carbocycles. The van der Waals surface area contributed by atoms with Crippen molar-refractivity contribution in [2.45, 2.75) is 65.6 Å². The van der Waals surface area contributed by atoms with Gasteiger partial charge in [-0.25, -0.2) is 4.79 Å². The van der Waals surface area contributed by atoms with Crippen LogP contribution in [0, 0.1) is 5.92 Å². The van der Waals surface area contributed by atoms with E-state index in [1.807, 2.05) is 13.8 Å². The predicted octanol–water partition coefficient (Wildman–Crippen LogP) is 1.25. The Bertz CT molecular complexity index is 273. The summed E-state index contributed by atoms with van der Waals surface area (Å²) in [6.45, 7) is 10.5. The van der Waals surface area contributed by atoms with Gasteiger partial charge in [-0.2, -0.15) is 0 Å². The summed E-state index contributed by atoms with van der Waals surface area (Å²) in [5.74, 6) is -0.0449. The Morgan fingerprint density at radius 2 is 1.74 bits per heavy atom. The minimum atomic E-state index is -1.19. The second kappa shape index (κ2) is 7.67. The van der Waals surface area contributed by atoms with Crippen molar-refractivity contribution in [1.82, 2.24) is 5.32 Å². The number of nitrogens with one attached hydrogen (secondary N) is 1. The topological polar surface area (TPSA) is 88.0 Å². The van der Waals surface area contributed by atoms with Gasteiger partial charge in [-0.15, -0.1) is 0 Å². The number of carbonyl (C=O) groups is 1. The van der Waals surface area contributed by atoms with Crippen LogP contribution in [0.15, 0.2) is 0 Å². The van der Waals surface area contributed by atoms with Crippen LogP contribution in [-0.4, -0.2) is 47.0 Å². The molecule has 0 saturated heterocycles. The van der Waals surface area contributed by atoms with Gasteiger partial charge >= 0.3 is 6.09 Å². The van der Waals surface area contributed by atoms with E-state index in [4.69, 9.17) is 14.6 Å². The molecule has 0 aromatic heterocycles. The van der Waals surface area contributed by atoms with Crippen LogP contribution in [-0.2, 0) is 9.47 Å². The van der Waals surface area contributed by atoms with Gasteiger partial charge in [0.05, 0.1) is 18.8 Å². The smallest absolute Gasteiger partial charge is 0.408 e. The van der Waals surface area contributed by atoms with Crippen molar-refractivity contribution >= 4 is 6.09 Å². The van der Waals surface area contributed by atoms with Gasteiger partial charge in [0.1, 0.15) is 5.60 Å². The quantitative estimate of drug-likeness (QED) is 0.636. The monoisotopic (exact) mass is 277 g/mol. The maximum atomic E-state index is 11.7. The minimum Gasteiger partial charge on any atom is -0.444 e. The highest BCUT2D eigenvalue weighted by atomic mass is 16.6. The summed E-state index contributed by atoms with van der Waals surface area (Å²) in [7, 11) is 0. The molecule has 1 amide bonds.